The maximum atomic E-state index is 14.6. The SMILES string of the molecule is COc1ccc(-c2oc3c(CC=C(C)C)c(O[C@@H]4OC(CO)[C@@H](O)[C@H](O)C4O)cc(O)c3c(=O)c2O[C@@H]2OC(C)[C@H](O)[C@H](O[C@@H]3OC(CO)[C@H](O)C(O)C3O)C2O)cc1. The highest BCUT2D eigenvalue weighted by molar-refractivity contribution is 5.91. The van der Waals surface area contributed by atoms with Gasteiger partial charge in [0.25, 0.3) is 0 Å². The lowest BCUT2D eigenvalue weighted by molar-refractivity contribution is -0.350. The molecular formula is C39H50O20. The largest absolute Gasteiger partial charge is 0.507 e. The monoisotopic (exact) mass is 838 g/mol. The van der Waals surface area contributed by atoms with E-state index in [1.807, 2.05) is 0 Å². The number of aromatic hydroxyl groups is 1. The molecule has 0 amide bonds. The summed E-state index contributed by atoms with van der Waals surface area (Å²) in [6.07, 6.45) is -23.4. The van der Waals surface area contributed by atoms with E-state index in [9.17, 15) is 61.0 Å². The molecule has 15 atom stereocenters. The van der Waals surface area contributed by atoms with Crippen molar-refractivity contribution in [2.24, 2.45) is 0 Å². The number of hydrogen-bond acceptors (Lipinski definition) is 20. The van der Waals surface area contributed by atoms with E-state index in [0.29, 0.717) is 5.75 Å². The predicted octanol–water partition coefficient (Wildman–Crippen LogP) is -2.11. The summed E-state index contributed by atoms with van der Waals surface area (Å²) in [4.78, 5) is 14.6. The number of aliphatic hydroxyl groups is 10. The summed E-state index contributed by atoms with van der Waals surface area (Å²) < 4.78 is 46.2. The summed E-state index contributed by atoms with van der Waals surface area (Å²) in [5, 5.41) is 116. The van der Waals surface area contributed by atoms with Gasteiger partial charge in [-0.05, 0) is 51.5 Å². The number of methoxy groups -OCH3 is 1. The number of phenols is 1. The van der Waals surface area contributed by atoms with Gasteiger partial charge in [0.15, 0.2) is 12.1 Å². The quantitative estimate of drug-likeness (QED) is 0.0870. The Hall–Kier alpha value is -3.97. The lowest BCUT2D eigenvalue weighted by Gasteiger charge is -2.45. The van der Waals surface area contributed by atoms with Crippen LogP contribution in [0.3, 0.4) is 0 Å². The highest BCUT2D eigenvalue weighted by Crippen LogP contribution is 2.42. The number of allylic oxidation sites excluding steroid dienone is 2. The summed E-state index contributed by atoms with van der Waals surface area (Å²) in [5.74, 6) is -1.30. The topological polar surface area (TPSA) is 317 Å². The molecule has 7 unspecified atom stereocenters. The lowest BCUT2D eigenvalue weighted by atomic mass is 9.97. The molecular weight excluding hydrogens is 788 g/mol. The van der Waals surface area contributed by atoms with Crippen LogP contribution in [0.5, 0.6) is 23.0 Å². The van der Waals surface area contributed by atoms with Gasteiger partial charge in [0.2, 0.25) is 23.8 Å². The number of fused-ring (bicyclic) bond motifs is 1. The first-order valence-corrected chi connectivity index (χ1v) is 18.8. The van der Waals surface area contributed by atoms with Crippen LogP contribution < -0.4 is 19.6 Å². The van der Waals surface area contributed by atoms with Crippen LogP contribution in [-0.2, 0) is 25.4 Å². The van der Waals surface area contributed by atoms with E-state index in [1.165, 1.54) is 26.2 Å². The Morgan fingerprint density at radius 2 is 1.32 bits per heavy atom. The van der Waals surface area contributed by atoms with E-state index >= 15 is 0 Å². The summed E-state index contributed by atoms with van der Waals surface area (Å²) in [6, 6.07) is 7.20. The molecule has 1 aromatic heterocycles. The highest BCUT2D eigenvalue weighted by Gasteiger charge is 2.51. The van der Waals surface area contributed by atoms with Gasteiger partial charge >= 0.3 is 0 Å². The molecule has 3 aliphatic rings. The van der Waals surface area contributed by atoms with Gasteiger partial charge in [0, 0.05) is 17.2 Å². The van der Waals surface area contributed by atoms with Gasteiger partial charge in [-0.3, -0.25) is 4.79 Å². The van der Waals surface area contributed by atoms with Crippen LogP contribution in [0.1, 0.15) is 26.3 Å². The number of phenolic OH excluding ortho intramolecular Hbond substituents is 1. The molecule has 0 aliphatic carbocycles. The minimum Gasteiger partial charge on any atom is -0.507 e. The molecule has 0 saturated carbocycles. The van der Waals surface area contributed by atoms with E-state index in [-0.39, 0.29) is 34.6 Å². The fourth-order valence-corrected chi connectivity index (χ4v) is 7.00. The first-order valence-electron chi connectivity index (χ1n) is 18.8. The average Bonchev–Trinajstić information content (AvgIpc) is 3.21. The molecule has 20 heteroatoms. The Kier molecular flexibility index (Phi) is 13.9. The minimum atomic E-state index is -1.96. The van der Waals surface area contributed by atoms with Gasteiger partial charge in [0.1, 0.15) is 95.4 Å². The first-order chi connectivity index (χ1) is 28.0. The van der Waals surface area contributed by atoms with Gasteiger partial charge in [-0.2, -0.15) is 0 Å². The molecule has 0 bridgehead atoms. The Bertz CT molecular complexity index is 1990. The molecule has 4 heterocycles. The van der Waals surface area contributed by atoms with Gasteiger partial charge in [-0.15, -0.1) is 0 Å². The fourth-order valence-electron chi connectivity index (χ4n) is 7.00. The van der Waals surface area contributed by atoms with Crippen LogP contribution in [0.4, 0.5) is 0 Å². The summed E-state index contributed by atoms with van der Waals surface area (Å²) in [6.45, 7) is 3.48. The number of hydrogen-bond donors (Lipinski definition) is 11. The molecule has 59 heavy (non-hydrogen) atoms. The van der Waals surface area contributed by atoms with Crippen molar-refractivity contribution in [1.29, 1.82) is 0 Å². The van der Waals surface area contributed by atoms with Gasteiger partial charge in [0.05, 0.1) is 26.4 Å². The second kappa shape index (κ2) is 18.3. The van der Waals surface area contributed by atoms with Crippen LogP contribution >= 0.6 is 0 Å². The van der Waals surface area contributed by atoms with Crippen molar-refractivity contribution in [2.45, 2.75) is 119 Å². The fraction of sp³-hybridized carbons (Fsp3) is 0.564. The molecule has 3 aromatic rings. The van der Waals surface area contributed by atoms with Crippen LogP contribution in [0.15, 0.2) is 51.2 Å². The van der Waals surface area contributed by atoms with Crippen molar-refractivity contribution in [1.82, 2.24) is 0 Å². The molecule has 0 radical (unpaired) electrons. The second-order valence-corrected chi connectivity index (χ2v) is 14.8. The van der Waals surface area contributed by atoms with Gasteiger partial charge in [-0.1, -0.05) is 11.6 Å². The van der Waals surface area contributed by atoms with E-state index < -0.39 is 128 Å². The maximum absolute atomic E-state index is 14.6. The zero-order valence-corrected chi connectivity index (χ0v) is 32.3. The highest BCUT2D eigenvalue weighted by atomic mass is 16.7. The molecule has 3 aliphatic heterocycles. The molecule has 11 N–H and O–H groups in total. The van der Waals surface area contributed by atoms with E-state index in [4.69, 9.17) is 37.6 Å². The van der Waals surface area contributed by atoms with Gasteiger partial charge < -0.3 is 93.7 Å². The molecule has 3 saturated heterocycles. The summed E-state index contributed by atoms with van der Waals surface area (Å²) in [7, 11) is 1.44. The normalized spacial score (nSPS) is 35.0. The first kappa shape index (κ1) is 44.6. The van der Waals surface area contributed by atoms with Crippen LogP contribution in [0, 0.1) is 0 Å². The summed E-state index contributed by atoms with van der Waals surface area (Å²) in [5.41, 5.74) is -0.00688. The van der Waals surface area contributed by atoms with E-state index in [1.54, 1.807) is 32.1 Å². The maximum Gasteiger partial charge on any atom is 0.239 e. The molecule has 326 valence electrons. The van der Waals surface area contributed by atoms with Crippen molar-refractivity contribution in [3.05, 3.63) is 57.8 Å². The standard InChI is InChI=1S/C39H50O20/c1-14(2)5-10-18-20(54-37-30(49)28(47)25(44)21(12-40)55-37)11-19(42)23-27(46)36(33(57-34(18)23)16-6-8-17(52-4)9-7-16)59-39-32(51)35(24(43)15(3)53-39)58-38-31(50)29(48)26(45)22(13-41)56-38/h5-9,11,15,21-22,24-26,28-32,35,37-45,47-51H,10,12-13H2,1-4H3/t15?,21?,22?,24-,25+,26-,28-,29?,30?,31?,32?,35-,37+,38-,39-/m0/s1. The number of benzene rings is 2. The Morgan fingerprint density at radius 1 is 0.746 bits per heavy atom. The van der Waals surface area contributed by atoms with Gasteiger partial charge in [-0.25, -0.2) is 0 Å². The van der Waals surface area contributed by atoms with Crippen LogP contribution in [0.2, 0.25) is 0 Å². The smallest absolute Gasteiger partial charge is 0.239 e. The summed E-state index contributed by atoms with van der Waals surface area (Å²) >= 11 is 0. The van der Waals surface area contributed by atoms with Crippen molar-refractivity contribution in [3.63, 3.8) is 0 Å². The average molecular weight is 839 g/mol. The lowest BCUT2D eigenvalue weighted by Crippen LogP contribution is -2.64. The molecule has 2 aromatic carbocycles. The predicted molar refractivity (Wildman–Crippen MR) is 199 cm³/mol. The third-order valence-electron chi connectivity index (χ3n) is 10.5. The van der Waals surface area contributed by atoms with Crippen LogP contribution in [0.25, 0.3) is 22.3 Å². The van der Waals surface area contributed by atoms with Crippen LogP contribution in [-0.4, -0.2) is 169 Å². The van der Waals surface area contributed by atoms with Crippen molar-refractivity contribution in [2.75, 3.05) is 20.3 Å². The Balaban J connectivity index is 1.45. The second-order valence-electron chi connectivity index (χ2n) is 14.8. The van der Waals surface area contributed by atoms with E-state index in [2.05, 4.69) is 0 Å². The number of rotatable bonds is 12. The Labute approximate surface area is 336 Å². The zero-order valence-electron chi connectivity index (χ0n) is 32.3. The number of aliphatic hydroxyl groups excluding tert-OH is 10. The zero-order chi connectivity index (χ0) is 43.0. The minimum absolute atomic E-state index is 0.00783. The molecule has 3 fully saturated rings. The van der Waals surface area contributed by atoms with Crippen molar-refractivity contribution in [3.8, 4) is 34.3 Å². The molecule has 0 spiro atoms. The third kappa shape index (κ3) is 8.79. The Morgan fingerprint density at radius 3 is 1.90 bits per heavy atom. The third-order valence-corrected chi connectivity index (χ3v) is 10.5. The molecule has 20 nitrogen and oxygen atoms in total. The van der Waals surface area contributed by atoms with Crippen molar-refractivity contribution < 1.29 is 93.7 Å². The van der Waals surface area contributed by atoms with E-state index in [0.717, 1.165) is 11.6 Å². The number of ether oxygens (including phenoxy) is 7. The van der Waals surface area contributed by atoms with Crippen molar-refractivity contribution >= 4 is 11.0 Å². The molecule has 6 rings (SSSR count).